The maximum absolute atomic E-state index is 4.70. The van der Waals surface area contributed by atoms with Crippen LogP contribution in [0.1, 0.15) is 24.6 Å². The van der Waals surface area contributed by atoms with E-state index in [4.69, 9.17) is 4.99 Å². The second kappa shape index (κ2) is 8.37. The molecule has 1 fully saturated rings. The Hall–Kier alpha value is 0.180. The predicted octanol–water partition coefficient (Wildman–Crippen LogP) is 3.69. The van der Waals surface area contributed by atoms with E-state index in [9.17, 15) is 0 Å². The number of hydrogen-bond acceptors (Lipinski definition) is 2. The first kappa shape index (κ1) is 16.2. The molecule has 1 saturated heterocycles. The lowest BCUT2D eigenvalue weighted by Gasteiger charge is -2.20. The van der Waals surface area contributed by atoms with Crippen molar-refractivity contribution in [1.82, 2.24) is 10.2 Å². The van der Waals surface area contributed by atoms with Gasteiger partial charge in [0.05, 0.1) is 10.3 Å². The Morgan fingerprint density at radius 3 is 2.72 bits per heavy atom. The van der Waals surface area contributed by atoms with Crippen molar-refractivity contribution in [3.63, 3.8) is 0 Å². The number of nitrogens with zero attached hydrogens (tertiary/aromatic N) is 2. The first-order valence-electron chi connectivity index (χ1n) is 6.07. The third-order valence-corrected chi connectivity index (χ3v) is 4.36. The molecule has 0 radical (unpaired) electrons. The van der Waals surface area contributed by atoms with Gasteiger partial charge in [0.1, 0.15) is 0 Å². The molecule has 0 bridgehead atoms. The average Bonchev–Trinajstić information content (AvgIpc) is 2.95. The lowest BCUT2D eigenvalue weighted by Crippen LogP contribution is -2.39. The van der Waals surface area contributed by atoms with Gasteiger partial charge in [-0.05, 0) is 47.8 Å². The van der Waals surface area contributed by atoms with E-state index in [1.807, 2.05) is 0 Å². The molecule has 0 spiro atoms. The Kier molecular flexibility index (Phi) is 7.55. The maximum atomic E-state index is 4.70. The van der Waals surface area contributed by atoms with Crippen molar-refractivity contribution in [2.45, 2.75) is 26.3 Å². The van der Waals surface area contributed by atoms with E-state index in [-0.39, 0.29) is 24.0 Å². The average molecular weight is 444 g/mol. The highest BCUT2D eigenvalue weighted by Crippen LogP contribution is 2.22. The summed E-state index contributed by atoms with van der Waals surface area (Å²) in [6, 6.07) is 4.21. The highest BCUT2D eigenvalue weighted by Gasteiger charge is 2.15. The number of aliphatic imine (C=N–C) groups is 1. The lowest BCUT2D eigenvalue weighted by atomic mass is 10.4. The first-order valence-corrected chi connectivity index (χ1v) is 7.68. The smallest absolute Gasteiger partial charge is 0.194 e. The monoisotopic (exact) mass is 443 g/mol. The standard InChI is InChI=1S/C12H18BrN3S.HI/c1-2-14-12(16-7-3-4-8-16)15-9-10-5-6-11(13)17-10;/h5-6H,2-4,7-9H2,1H3,(H,14,15);1H. The summed E-state index contributed by atoms with van der Waals surface area (Å²) >= 11 is 5.23. The Labute approximate surface area is 138 Å². The fourth-order valence-electron chi connectivity index (χ4n) is 1.94. The van der Waals surface area contributed by atoms with Crippen molar-refractivity contribution in [3.8, 4) is 0 Å². The normalized spacial score (nSPS) is 15.7. The molecule has 1 aliphatic rings. The second-order valence-corrected chi connectivity index (χ2v) is 6.62. The van der Waals surface area contributed by atoms with E-state index in [1.54, 1.807) is 11.3 Å². The van der Waals surface area contributed by atoms with Gasteiger partial charge in [0.25, 0.3) is 0 Å². The number of rotatable bonds is 3. The van der Waals surface area contributed by atoms with Crippen LogP contribution in [0.15, 0.2) is 20.9 Å². The fourth-order valence-corrected chi connectivity index (χ4v) is 3.35. The molecule has 1 aromatic rings. The Morgan fingerprint density at radius 1 is 1.44 bits per heavy atom. The highest BCUT2D eigenvalue weighted by molar-refractivity contribution is 14.0. The minimum atomic E-state index is 0. The number of likely N-dealkylation sites (tertiary alicyclic amines) is 1. The van der Waals surface area contributed by atoms with Gasteiger partial charge in [0, 0.05) is 24.5 Å². The van der Waals surface area contributed by atoms with Crippen LogP contribution in [0, 0.1) is 0 Å². The van der Waals surface area contributed by atoms with Crippen LogP contribution in [-0.4, -0.2) is 30.5 Å². The summed E-state index contributed by atoms with van der Waals surface area (Å²) in [4.78, 5) is 8.35. The third kappa shape index (κ3) is 4.70. The minimum Gasteiger partial charge on any atom is -0.357 e. The van der Waals surface area contributed by atoms with Gasteiger partial charge in [-0.3, -0.25) is 0 Å². The quantitative estimate of drug-likeness (QED) is 0.438. The van der Waals surface area contributed by atoms with Gasteiger partial charge < -0.3 is 10.2 Å². The van der Waals surface area contributed by atoms with Crippen LogP contribution >= 0.6 is 51.2 Å². The summed E-state index contributed by atoms with van der Waals surface area (Å²) in [7, 11) is 0. The van der Waals surface area contributed by atoms with Gasteiger partial charge in [0.15, 0.2) is 5.96 Å². The molecule has 3 nitrogen and oxygen atoms in total. The number of nitrogens with one attached hydrogen (secondary N) is 1. The number of thiophene rings is 1. The van der Waals surface area contributed by atoms with Crippen molar-refractivity contribution in [1.29, 1.82) is 0 Å². The van der Waals surface area contributed by atoms with Gasteiger partial charge in [-0.15, -0.1) is 35.3 Å². The zero-order valence-electron chi connectivity index (χ0n) is 10.5. The molecular formula is C12H19BrIN3S. The summed E-state index contributed by atoms with van der Waals surface area (Å²) in [5, 5.41) is 3.37. The molecule has 2 rings (SSSR count). The maximum Gasteiger partial charge on any atom is 0.194 e. The third-order valence-electron chi connectivity index (χ3n) is 2.75. The molecule has 0 amide bonds. The summed E-state index contributed by atoms with van der Waals surface area (Å²) in [6.45, 7) is 6.10. The molecule has 1 aromatic heterocycles. The predicted molar refractivity (Wildman–Crippen MR) is 93.1 cm³/mol. The fraction of sp³-hybridized carbons (Fsp3) is 0.583. The van der Waals surface area contributed by atoms with Crippen molar-refractivity contribution in [2.75, 3.05) is 19.6 Å². The topological polar surface area (TPSA) is 27.6 Å². The number of halogens is 2. The van der Waals surface area contributed by atoms with Gasteiger partial charge in [-0.1, -0.05) is 0 Å². The van der Waals surface area contributed by atoms with Crippen molar-refractivity contribution in [2.24, 2.45) is 4.99 Å². The van der Waals surface area contributed by atoms with Crippen molar-refractivity contribution < 1.29 is 0 Å². The van der Waals surface area contributed by atoms with E-state index in [1.165, 1.54) is 21.5 Å². The molecular weight excluding hydrogens is 425 g/mol. The van der Waals surface area contributed by atoms with Crippen LogP contribution in [0.3, 0.4) is 0 Å². The Balaban J connectivity index is 0.00000162. The Morgan fingerprint density at radius 2 is 2.17 bits per heavy atom. The van der Waals surface area contributed by atoms with Gasteiger partial charge in [-0.25, -0.2) is 4.99 Å². The summed E-state index contributed by atoms with van der Waals surface area (Å²) in [5.74, 6) is 1.06. The minimum absolute atomic E-state index is 0. The zero-order valence-corrected chi connectivity index (χ0v) is 15.2. The highest BCUT2D eigenvalue weighted by atomic mass is 127. The molecule has 1 N–H and O–H groups in total. The van der Waals surface area contributed by atoms with Crippen LogP contribution < -0.4 is 5.32 Å². The van der Waals surface area contributed by atoms with E-state index < -0.39 is 0 Å². The molecule has 2 heterocycles. The molecule has 1 aliphatic heterocycles. The first-order chi connectivity index (χ1) is 8.29. The van der Waals surface area contributed by atoms with Gasteiger partial charge in [0.2, 0.25) is 0 Å². The van der Waals surface area contributed by atoms with Gasteiger partial charge >= 0.3 is 0 Å². The van der Waals surface area contributed by atoms with E-state index in [2.05, 4.69) is 45.2 Å². The zero-order chi connectivity index (χ0) is 12.1. The summed E-state index contributed by atoms with van der Waals surface area (Å²) in [6.07, 6.45) is 2.57. The lowest BCUT2D eigenvalue weighted by molar-refractivity contribution is 0.494. The molecule has 0 atom stereocenters. The molecule has 0 saturated carbocycles. The van der Waals surface area contributed by atoms with Gasteiger partial charge in [-0.2, -0.15) is 0 Å². The SMILES string of the molecule is CCNC(=NCc1ccc(Br)s1)N1CCCC1.I. The molecule has 0 unspecified atom stereocenters. The molecule has 0 aliphatic carbocycles. The van der Waals surface area contributed by atoms with Crippen LogP contribution in [0.25, 0.3) is 0 Å². The molecule has 18 heavy (non-hydrogen) atoms. The van der Waals surface area contributed by atoms with Crippen molar-refractivity contribution >= 4 is 57.2 Å². The summed E-state index contributed by atoms with van der Waals surface area (Å²) in [5.41, 5.74) is 0. The van der Waals surface area contributed by atoms with Crippen LogP contribution in [0.2, 0.25) is 0 Å². The molecule has 102 valence electrons. The second-order valence-electron chi connectivity index (χ2n) is 4.07. The Bertz CT molecular complexity index is 388. The largest absolute Gasteiger partial charge is 0.357 e. The summed E-state index contributed by atoms with van der Waals surface area (Å²) < 4.78 is 1.17. The number of hydrogen-bond donors (Lipinski definition) is 1. The van der Waals surface area contributed by atoms with Crippen LogP contribution in [0.5, 0.6) is 0 Å². The van der Waals surface area contributed by atoms with E-state index in [0.717, 1.165) is 32.1 Å². The van der Waals surface area contributed by atoms with Crippen molar-refractivity contribution in [3.05, 3.63) is 20.8 Å². The van der Waals surface area contributed by atoms with Crippen LogP contribution in [0.4, 0.5) is 0 Å². The molecule has 0 aromatic carbocycles. The van der Waals surface area contributed by atoms with Crippen LogP contribution in [-0.2, 0) is 6.54 Å². The van der Waals surface area contributed by atoms with E-state index in [0.29, 0.717) is 0 Å². The molecule has 6 heteroatoms. The number of guanidine groups is 1. The van der Waals surface area contributed by atoms with E-state index >= 15 is 0 Å².